The summed E-state index contributed by atoms with van der Waals surface area (Å²) < 4.78 is 44.7. The summed E-state index contributed by atoms with van der Waals surface area (Å²) in [4.78, 5) is 0. The van der Waals surface area contributed by atoms with Gasteiger partial charge in [-0.15, -0.1) is 0 Å². The summed E-state index contributed by atoms with van der Waals surface area (Å²) in [6.07, 6.45) is 1.28. The third-order valence-corrected chi connectivity index (χ3v) is 4.07. The Labute approximate surface area is 122 Å². The van der Waals surface area contributed by atoms with Gasteiger partial charge in [-0.3, -0.25) is 0 Å². The average Bonchev–Trinajstić information content (AvgIpc) is 2.25. The van der Waals surface area contributed by atoms with Gasteiger partial charge in [-0.2, -0.15) is 8.78 Å². The monoisotopic (exact) mass is 353 g/mol. The predicted octanol–water partition coefficient (Wildman–Crippen LogP) is 3.93. The summed E-state index contributed by atoms with van der Waals surface area (Å²) in [5, 5.41) is 0. The Bertz CT molecular complexity index is 464. The topological polar surface area (TPSA) is 44.7 Å². The van der Waals surface area contributed by atoms with Gasteiger partial charge >= 0.3 is 6.61 Å². The molecule has 7 heteroatoms. The summed E-state index contributed by atoms with van der Waals surface area (Å²) in [5.74, 6) is -0.0148. The molecule has 1 aromatic carbocycles. The molecular formula is C12H14BrF2NO2S. The molecule has 0 amide bonds. The number of alkyl halides is 2. The summed E-state index contributed by atoms with van der Waals surface area (Å²) in [5.41, 5.74) is 0.334. The van der Waals surface area contributed by atoms with Crippen LogP contribution in [-0.2, 0) is 11.4 Å². The standard InChI is InChI=1S/C12H14BrF2NO2S/c1-12(2,3)19(17)16-7-8-9(13)5-4-6-10(8)18-11(14)15/h4-7,11H,1-3H3/t19-/m0/s1. The molecule has 0 saturated carbocycles. The number of ether oxygens (including phenoxy) is 1. The highest BCUT2D eigenvalue weighted by Crippen LogP contribution is 2.27. The number of hydrogen-bond acceptors (Lipinski definition) is 3. The van der Waals surface area contributed by atoms with E-state index in [1.165, 1.54) is 12.3 Å². The zero-order chi connectivity index (χ0) is 14.6. The van der Waals surface area contributed by atoms with Crippen molar-refractivity contribution in [3.63, 3.8) is 0 Å². The summed E-state index contributed by atoms with van der Waals surface area (Å²) in [6.45, 7) is 2.40. The van der Waals surface area contributed by atoms with Crippen LogP contribution in [0.5, 0.6) is 5.75 Å². The average molecular weight is 354 g/mol. The number of benzene rings is 1. The molecule has 0 aliphatic rings. The summed E-state index contributed by atoms with van der Waals surface area (Å²) in [6, 6.07) is 4.64. The molecule has 0 spiro atoms. The number of halogens is 3. The highest BCUT2D eigenvalue weighted by molar-refractivity contribution is 9.10. The minimum absolute atomic E-state index is 0.0148. The van der Waals surface area contributed by atoms with Crippen molar-refractivity contribution in [2.45, 2.75) is 32.1 Å². The van der Waals surface area contributed by atoms with Crippen LogP contribution in [0.25, 0.3) is 0 Å². The van der Waals surface area contributed by atoms with E-state index in [0.29, 0.717) is 10.0 Å². The van der Waals surface area contributed by atoms with Crippen molar-refractivity contribution in [2.24, 2.45) is 4.40 Å². The fourth-order valence-electron chi connectivity index (χ4n) is 1.10. The lowest BCUT2D eigenvalue weighted by Crippen LogP contribution is -2.25. The molecule has 1 aromatic rings. The van der Waals surface area contributed by atoms with Crippen LogP contribution in [0.2, 0.25) is 0 Å². The molecule has 0 unspecified atom stereocenters. The third-order valence-electron chi connectivity index (χ3n) is 2.03. The van der Waals surface area contributed by atoms with Crippen LogP contribution in [0.4, 0.5) is 8.78 Å². The Morgan fingerprint density at radius 1 is 1.42 bits per heavy atom. The predicted molar refractivity (Wildman–Crippen MR) is 76.3 cm³/mol. The number of hydrogen-bond donors (Lipinski definition) is 0. The van der Waals surface area contributed by atoms with Crippen LogP contribution in [0, 0.1) is 0 Å². The fourth-order valence-corrected chi connectivity index (χ4v) is 2.07. The lowest BCUT2D eigenvalue weighted by molar-refractivity contribution is -0.0499. The van der Waals surface area contributed by atoms with Gasteiger partial charge in [0.1, 0.15) is 21.9 Å². The van der Waals surface area contributed by atoms with Gasteiger partial charge in [0.2, 0.25) is 0 Å². The molecule has 0 heterocycles. The van der Waals surface area contributed by atoms with Crippen molar-refractivity contribution < 1.29 is 18.1 Å². The number of rotatable bonds is 4. The molecule has 3 nitrogen and oxygen atoms in total. The Morgan fingerprint density at radius 2 is 2.05 bits per heavy atom. The highest BCUT2D eigenvalue weighted by atomic mass is 79.9. The summed E-state index contributed by atoms with van der Waals surface area (Å²) >= 11 is 1.76. The van der Waals surface area contributed by atoms with E-state index >= 15 is 0 Å². The van der Waals surface area contributed by atoms with Crippen molar-refractivity contribution in [3.8, 4) is 5.75 Å². The quantitative estimate of drug-likeness (QED) is 0.607. The van der Waals surface area contributed by atoms with Gasteiger partial charge in [-0.1, -0.05) is 10.5 Å². The minimum Gasteiger partial charge on any atom is -0.591 e. The lowest BCUT2D eigenvalue weighted by Gasteiger charge is -2.18. The third kappa shape index (κ3) is 5.08. The van der Waals surface area contributed by atoms with E-state index in [2.05, 4.69) is 25.1 Å². The maximum absolute atomic E-state index is 12.3. The van der Waals surface area contributed by atoms with Crippen LogP contribution >= 0.6 is 15.9 Å². The SMILES string of the molecule is CC(C)(C)[S@+]([O-])N=Cc1c(Br)cccc1OC(F)F. The zero-order valence-electron chi connectivity index (χ0n) is 10.7. The van der Waals surface area contributed by atoms with E-state index in [4.69, 9.17) is 0 Å². The lowest BCUT2D eigenvalue weighted by atomic mass is 10.2. The van der Waals surface area contributed by atoms with Crippen molar-refractivity contribution in [2.75, 3.05) is 0 Å². The van der Waals surface area contributed by atoms with Crippen molar-refractivity contribution in [1.82, 2.24) is 0 Å². The minimum atomic E-state index is -2.92. The van der Waals surface area contributed by atoms with Gasteiger partial charge in [-0.25, -0.2) is 0 Å². The second kappa shape index (κ2) is 6.67. The van der Waals surface area contributed by atoms with E-state index in [1.807, 2.05) is 0 Å². The molecule has 106 valence electrons. The maximum atomic E-state index is 12.3. The van der Waals surface area contributed by atoms with E-state index in [1.54, 1.807) is 32.9 Å². The van der Waals surface area contributed by atoms with Crippen LogP contribution < -0.4 is 4.74 Å². The molecule has 0 aliphatic heterocycles. The first-order valence-electron chi connectivity index (χ1n) is 5.41. The van der Waals surface area contributed by atoms with Crippen LogP contribution in [-0.4, -0.2) is 22.1 Å². The Morgan fingerprint density at radius 3 is 2.58 bits per heavy atom. The Hall–Kier alpha value is -0.660. The van der Waals surface area contributed by atoms with Crippen molar-refractivity contribution >= 4 is 33.5 Å². The smallest absolute Gasteiger partial charge is 0.387 e. The molecule has 1 atom stereocenters. The molecule has 0 aromatic heterocycles. The van der Waals surface area contributed by atoms with Gasteiger partial charge in [0.15, 0.2) is 0 Å². The molecular weight excluding hydrogens is 340 g/mol. The van der Waals surface area contributed by atoms with E-state index in [0.717, 1.165) is 0 Å². The van der Waals surface area contributed by atoms with E-state index < -0.39 is 22.7 Å². The van der Waals surface area contributed by atoms with Crippen LogP contribution in [0.15, 0.2) is 27.1 Å². The van der Waals surface area contributed by atoms with Gasteiger partial charge < -0.3 is 9.29 Å². The van der Waals surface area contributed by atoms with Gasteiger partial charge in [0.25, 0.3) is 0 Å². The first-order chi connectivity index (χ1) is 8.71. The van der Waals surface area contributed by atoms with Gasteiger partial charge in [-0.05, 0) is 48.8 Å². The Kier molecular flexibility index (Phi) is 5.76. The molecule has 19 heavy (non-hydrogen) atoms. The molecule has 1 rings (SSSR count). The molecule has 0 saturated heterocycles. The van der Waals surface area contributed by atoms with Crippen LogP contribution in [0.3, 0.4) is 0 Å². The Balaban J connectivity index is 3.02. The molecule has 0 N–H and O–H groups in total. The van der Waals surface area contributed by atoms with E-state index in [9.17, 15) is 13.3 Å². The second-order valence-electron chi connectivity index (χ2n) is 4.63. The van der Waals surface area contributed by atoms with Crippen molar-refractivity contribution in [1.29, 1.82) is 0 Å². The van der Waals surface area contributed by atoms with Gasteiger partial charge in [0, 0.05) is 4.47 Å². The maximum Gasteiger partial charge on any atom is 0.387 e. The molecule has 0 aliphatic carbocycles. The van der Waals surface area contributed by atoms with Crippen LogP contribution in [0.1, 0.15) is 26.3 Å². The van der Waals surface area contributed by atoms with Crippen molar-refractivity contribution in [3.05, 3.63) is 28.2 Å². The van der Waals surface area contributed by atoms with E-state index in [-0.39, 0.29) is 5.75 Å². The zero-order valence-corrected chi connectivity index (χ0v) is 13.1. The molecule has 0 radical (unpaired) electrons. The second-order valence-corrected chi connectivity index (χ2v) is 7.41. The normalized spacial score (nSPS) is 14.1. The first-order valence-corrected chi connectivity index (χ1v) is 7.31. The highest BCUT2D eigenvalue weighted by Gasteiger charge is 2.26. The molecule has 0 fully saturated rings. The first kappa shape index (κ1) is 16.4. The fraction of sp³-hybridized carbons (Fsp3) is 0.417. The summed E-state index contributed by atoms with van der Waals surface area (Å²) in [7, 11) is 0. The number of nitrogens with zero attached hydrogens (tertiary/aromatic N) is 1. The molecule has 0 bridgehead atoms. The largest absolute Gasteiger partial charge is 0.591 e. The van der Waals surface area contributed by atoms with Gasteiger partial charge in [0.05, 0.1) is 11.8 Å².